The number of alkyl carbamates (subject to hydrolysis) is 1. The zero-order chi connectivity index (χ0) is 41.0. The number of nitrogens with zero attached hydrogens (tertiary/aromatic N) is 3. The van der Waals surface area contributed by atoms with E-state index in [0.29, 0.717) is 12.1 Å². The summed E-state index contributed by atoms with van der Waals surface area (Å²) in [7, 11) is 1.48. The van der Waals surface area contributed by atoms with E-state index in [1.807, 2.05) is 60.7 Å². The number of thiazole rings is 2. The molecule has 2 heterocycles. The van der Waals surface area contributed by atoms with Gasteiger partial charge < -0.3 is 30.7 Å². The van der Waals surface area contributed by atoms with Crippen molar-refractivity contribution in [1.82, 2.24) is 30.8 Å². The van der Waals surface area contributed by atoms with Gasteiger partial charge in [0.25, 0.3) is 0 Å². The number of carbonyl (C=O) groups excluding carboxylic acids is 3. The van der Waals surface area contributed by atoms with E-state index < -0.39 is 61.9 Å². The molecule has 11 nitrogen and oxygen atoms in total. The fourth-order valence-corrected chi connectivity index (χ4v) is 6.45. The molecule has 0 aliphatic rings. The van der Waals surface area contributed by atoms with E-state index in [2.05, 4.69) is 25.9 Å². The van der Waals surface area contributed by atoms with Crippen LogP contribution in [-0.4, -0.2) is 69.3 Å². The van der Waals surface area contributed by atoms with Crippen molar-refractivity contribution in [3.05, 3.63) is 104 Å². The second-order valence-corrected chi connectivity index (χ2v) is 14.2. The third kappa shape index (κ3) is 12.2. The Morgan fingerprint density at radius 3 is 2.26 bits per heavy atom. The average molecular weight is 727 g/mol. The molecule has 13 heteroatoms. The summed E-state index contributed by atoms with van der Waals surface area (Å²) >= 11 is 2.25. The second kappa shape index (κ2) is 19.2. The lowest BCUT2D eigenvalue weighted by Crippen LogP contribution is -2.55. The van der Waals surface area contributed by atoms with Crippen LogP contribution in [0.15, 0.2) is 77.8 Å². The van der Waals surface area contributed by atoms with Crippen LogP contribution in [0.1, 0.15) is 74.8 Å². The Hall–Kier alpha value is -4.33. The first-order chi connectivity index (χ1) is 26.4. The smallest absolute Gasteiger partial charge is 0.407 e. The van der Waals surface area contributed by atoms with Gasteiger partial charge in [-0.1, -0.05) is 88.2 Å². The third-order valence-electron chi connectivity index (χ3n) is 7.88. The number of aromatic nitrogens is 2. The molecule has 4 atom stereocenters. The van der Waals surface area contributed by atoms with Gasteiger partial charge in [0.1, 0.15) is 12.6 Å². The maximum Gasteiger partial charge on any atom is 0.407 e. The summed E-state index contributed by atoms with van der Waals surface area (Å²) < 4.78 is 51.8. The van der Waals surface area contributed by atoms with Gasteiger partial charge >= 0.3 is 12.1 Å². The molecule has 0 saturated heterocycles. The van der Waals surface area contributed by atoms with Crippen LogP contribution in [0.3, 0.4) is 0 Å². The van der Waals surface area contributed by atoms with Gasteiger partial charge in [-0.25, -0.2) is 14.6 Å². The predicted octanol–water partition coefficient (Wildman–Crippen LogP) is 5.91. The zero-order valence-corrected chi connectivity index (χ0v) is 29.9. The minimum atomic E-state index is -2.80. The molecule has 0 aliphatic carbocycles. The molecule has 268 valence electrons. The number of hydrogen-bond acceptors (Lipinski definition) is 9. The number of benzene rings is 2. The molecule has 50 heavy (non-hydrogen) atoms. The predicted molar refractivity (Wildman–Crippen MR) is 197 cm³/mol. The van der Waals surface area contributed by atoms with Crippen LogP contribution in [0.5, 0.6) is 0 Å². The number of aliphatic hydroxyl groups excluding tert-OH is 1. The number of aliphatic hydroxyl groups is 1. The molecule has 0 unspecified atom stereocenters. The van der Waals surface area contributed by atoms with Crippen molar-refractivity contribution in [3.63, 3.8) is 0 Å². The highest BCUT2D eigenvalue weighted by atomic mass is 32.1. The summed E-state index contributed by atoms with van der Waals surface area (Å²) in [6, 6.07) is 15.8. The lowest BCUT2D eigenvalue weighted by atomic mass is 9.93. The summed E-state index contributed by atoms with van der Waals surface area (Å²) in [6.45, 7) is -2.10. The largest absolute Gasteiger partial charge is 0.444 e. The number of urea groups is 1. The molecule has 4 N–H and O–H groups in total. The fraction of sp³-hybridized carbons (Fsp3) is 0.432. The van der Waals surface area contributed by atoms with E-state index in [1.54, 1.807) is 25.6 Å². The van der Waals surface area contributed by atoms with Crippen molar-refractivity contribution in [1.29, 1.82) is 0 Å². The van der Waals surface area contributed by atoms with Crippen molar-refractivity contribution in [3.8, 4) is 0 Å². The van der Waals surface area contributed by atoms with Gasteiger partial charge in [0, 0.05) is 38.8 Å². The Labute approximate surface area is 310 Å². The van der Waals surface area contributed by atoms with Crippen LogP contribution in [0.4, 0.5) is 9.59 Å². The van der Waals surface area contributed by atoms with Crippen LogP contribution in [0.2, 0.25) is 0 Å². The first-order valence-corrected chi connectivity index (χ1v) is 18.0. The number of hydrogen-bond donors (Lipinski definition) is 4. The number of ether oxygens (including phenoxy) is 1. The van der Waals surface area contributed by atoms with Gasteiger partial charge in [0.15, 0.2) is 0 Å². The average Bonchev–Trinajstić information content (AvgIpc) is 3.81. The van der Waals surface area contributed by atoms with Crippen molar-refractivity contribution >= 4 is 40.7 Å². The van der Waals surface area contributed by atoms with Crippen molar-refractivity contribution in [2.24, 2.45) is 5.92 Å². The first kappa shape index (κ1) is 30.5. The zero-order valence-electron chi connectivity index (χ0n) is 34.2. The number of nitrogens with one attached hydrogen (secondary N) is 3. The number of rotatable bonds is 17. The molecular weight excluding hydrogens is 673 g/mol. The summed E-state index contributed by atoms with van der Waals surface area (Å²) in [5, 5.41) is 21.7. The van der Waals surface area contributed by atoms with Crippen LogP contribution < -0.4 is 16.0 Å². The number of carbonyl (C=O) groups is 3. The molecule has 4 amide bonds. The van der Waals surface area contributed by atoms with Crippen LogP contribution in [0.25, 0.3) is 0 Å². The van der Waals surface area contributed by atoms with Crippen molar-refractivity contribution in [2.45, 2.75) is 90.1 Å². The second-order valence-electron chi connectivity index (χ2n) is 12.3. The molecular formula is C37H48N6O5S2. The van der Waals surface area contributed by atoms with Crippen molar-refractivity contribution < 1.29 is 32.5 Å². The van der Waals surface area contributed by atoms with Crippen LogP contribution >= 0.6 is 22.7 Å². The summed E-state index contributed by atoms with van der Waals surface area (Å²) in [4.78, 5) is 50.5. The van der Waals surface area contributed by atoms with E-state index in [1.165, 1.54) is 28.7 Å². The molecule has 4 aromatic rings. The third-order valence-corrected chi connectivity index (χ3v) is 9.59. The van der Waals surface area contributed by atoms with Gasteiger partial charge in [0.05, 0.1) is 39.8 Å². The van der Waals surface area contributed by atoms with Crippen molar-refractivity contribution in [2.75, 3.05) is 7.05 Å². The molecule has 0 bridgehead atoms. The Morgan fingerprint density at radius 1 is 0.960 bits per heavy atom. The number of amides is 4. The topological polar surface area (TPSA) is 146 Å². The quantitative estimate of drug-likeness (QED) is 0.106. The SMILES string of the molecule is [2H]C([2H])([2H])C(c1nc(CN(C)C(=O)N[C@@H](C(=O)N[C@H](Cc2ccccc2)C[C@@H](O)[C@@H](Cc2ccccc2)NC(=O)OCc2cncs2)C(C)C)cs1)C([2H])([2H])[2H]. The van der Waals surface area contributed by atoms with Gasteiger partial charge in [-0.2, -0.15) is 0 Å². The highest BCUT2D eigenvalue weighted by Crippen LogP contribution is 2.20. The minimum absolute atomic E-state index is 0.0232. The van der Waals surface area contributed by atoms with E-state index in [0.717, 1.165) is 27.3 Å². The monoisotopic (exact) mass is 726 g/mol. The standard InChI is InChI=1S/C37H48N6O5S2/c1-24(2)33(42-36(46)43(5)20-29-22-49-35(40-29)25(3)4)34(45)39-28(16-26-12-8-6-9-13-26)18-32(44)31(17-27-14-10-7-11-15-27)41-37(47)48-21-30-19-38-23-50-30/h6-15,19,22-25,28,31-33,44H,16-18,20-21H2,1-5H3,(H,39,45)(H,41,47)(H,42,46)/t28-,31-,32-,33-/m1/s1/i3D3,4D3. The highest BCUT2D eigenvalue weighted by Gasteiger charge is 2.31. The molecule has 0 fully saturated rings. The Balaban J connectivity index is 1.47. The molecule has 2 aromatic carbocycles. The van der Waals surface area contributed by atoms with Crippen LogP contribution in [0, 0.1) is 5.92 Å². The van der Waals surface area contributed by atoms with E-state index >= 15 is 0 Å². The van der Waals surface area contributed by atoms with E-state index in [4.69, 9.17) is 13.0 Å². The van der Waals surface area contributed by atoms with Gasteiger partial charge in [-0.3, -0.25) is 9.78 Å². The van der Waals surface area contributed by atoms with Crippen LogP contribution in [-0.2, 0) is 35.5 Å². The summed E-state index contributed by atoms with van der Waals surface area (Å²) in [5.74, 6) is -2.61. The van der Waals surface area contributed by atoms with E-state index in [9.17, 15) is 19.5 Å². The summed E-state index contributed by atoms with van der Waals surface area (Å²) in [6.07, 6.45) is 0.444. The first-order valence-electron chi connectivity index (χ1n) is 19.2. The Morgan fingerprint density at radius 2 is 1.64 bits per heavy atom. The molecule has 0 spiro atoms. The molecule has 4 rings (SSSR count). The van der Waals surface area contributed by atoms with Gasteiger partial charge in [-0.15, -0.1) is 22.7 Å². The van der Waals surface area contributed by atoms with E-state index in [-0.39, 0.29) is 36.9 Å². The Bertz CT molecular complexity index is 1820. The summed E-state index contributed by atoms with van der Waals surface area (Å²) in [5.41, 5.74) is 3.71. The molecule has 0 aliphatic heterocycles. The Kier molecular flexibility index (Phi) is 11.7. The van der Waals surface area contributed by atoms with Gasteiger partial charge in [0.2, 0.25) is 5.91 Å². The maximum absolute atomic E-state index is 13.9. The molecule has 0 radical (unpaired) electrons. The van der Waals surface area contributed by atoms with Gasteiger partial charge in [-0.05, 0) is 36.3 Å². The lowest BCUT2D eigenvalue weighted by molar-refractivity contribution is -0.124. The normalized spacial score (nSPS) is 16.0. The molecule has 0 saturated carbocycles. The fourth-order valence-electron chi connectivity index (χ4n) is 5.25. The minimum Gasteiger partial charge on any atom is -0.444 e. The molecule has 2 aromatic heterocycles. The maximum atomic E-state index is 13.9. The highest BCUT2D eigenvalue weighted by molar-refractivity contribution is 7.09. The lowest BCUT2D eigenvalue weighted by Gasteiger charge is -2.30.